The Morgan fingerprint density at radius 1 is 1.14 bits per heavy atom. The summed E-state index contributed by atoms with van der Waals surface area (Å²) in [6.07, 6.45) is 0. The number of carbonyl (C=O) groups excluding carboxylic acids is 1. The molecule has 0 saturated carbocycles. The lowest BCUT2D eigenvalue weighted by atomic mass is 9.85. The molecule has 114 valence electrons. The summed E-state index contributed by atoms with van der Waals surface area (Å²) < 4.78 is 0. The van der Waals surface area contributed by atoms with Gasteiger partial charge in [-0.1, -0.05) is 46.3 Å². The monoisotopic (exact) mass is 302 g/mol. The molecule has 1 aromatic rings. The minimum absolute atomic E-state index is 0.188. The number of hydrogen-bond donors (Lipinski definition) is 1. The maximum absolute atomic E-state index is 11.6. The summed E-state index contributed by atoms with van der Waals surface area (Å²) >= 11 is 0. The highest BCUT2D eigenvalue weighted by Gasteiger charge is 2.25. The fraction of sp³-hybridized carbons (Fsp3) is 0.529. The third-order valence-corrected chi connectivity index (χ3v) is 4.13. The number of pyridine rings is 1. The number of nitrogens with two attached hydrogens (primary N) is 1. The Labute approximate surface area is 129 Å². The van der Waals surface area contributed by atoms with Crippen LogP contribution in [0.4, 0.5) is 0 Å². The lowest BCUT2D eigenvalue weighted by Gasteiger charge is -2.23. The number of nitrogens with zero attached hydrogens (tertiary/aromatic N) is 1. The van der Waals surface area contributed by atoms with Gasteiger partial charge in [0.25, 0.3) is 5.91 Å². The largest absolute Gasteiger partial charge is 0.364 e. The molecule has 0 aromatic carbocycles. The molecule has 0 fully saturated rings. The number of carbonyl (C=O) groups is 1. The summed E-state index contributed by atoms with van der Waals surface area (Å²) in [6.45, 7) is 16.7. The van der Waals surface area contributed by atoms with Crippen LogP contribution in [0.25, 0.3) is 0 Å². The third-order valence-electron chi connectivity index (χ3n) is 3.26. The van der Waals surface area contributed by atoms with E-state index in [1.807, 2.05) is 13.8 Å². The minimum atomic E-state index is -1.48. The predicted molar refractivity (Wildman–Crippen MR) is 91.2 cm³/mol. The van der Waals surface area contributed by atoms with Crippen LogP contribution in [0.1, 0.15) is 53.6 Å². The first-order chi connectivity index (χ1) is 9.34. The van der Waals surface area contributed by atoms with Crippen molar-refractivity contribution in [1.82, 2.24) is 4.98 Å². The van der Waals surface area contributed by atoms with Crippen LogP contribution in [0.15, 0.2) is 0 Å². The molecule has 1 aromatic heterocycles. The van der Waals surface area contributed by atoms with Crippen molar-refractivity contribution >= 4 is 14.0 Å². The molecule has 2 N–H and O–H groups in total. The molecular weight excluding hydrogens is 276 g/mol. The lowest BCUT2D eigenvalue weighted by molar-refractivity contribution is 0.0994. The van der Waals surface area contributed by atoms with E-state index in [1.54, 1.807) is 0 Å². The predicted octanol–water partition coefficient (Wildman–Crippen LogP) is 3.32. The number of primary amides is 1. The van der Waals surface area contributed by atoms with Gasteiger partial charge in [0.2, 0.25) is 0 Å². The molecule has 0 atom stereocenters. The van der Waals surface area contributed by atoms with E-state index in [9.17, 15) is 4.79 Å². The summed E-state index contributed by atoms with van der Waals surface area (Å²) in [5.41, 5.74) is 12.7. The summed E-state index contributed by atoms with van der Waals surface area (Å²) in [7, 11) is -1.48. The van der Waals surface area contributed by atoms with E-state index in [0.717, 1.165) is 22.4 Å². The van der Waals surface area contributed by atoms with Gasteiger partial charge in [0.05, 0.1) is 5.69 Å². The van der Waals surface area contributed by atoms with Crippen molar-refractivity contribution in [3.8, 4) is 11.5 Å². The Kier molecular flexibility index (Phi) is 4.69. The highest BCUT2D eigenvalue weighted by atomic mass is 28.3. The van der Waals surface area contributed by atoms with Crippen molar-refractivity contribution in [1.29, 1.82) is 0 Å². The van der Waals surface area contributed by atoms with Gasteiger partial charge in [-0.15, -0.1) is 5.54 Å². The maximum Gasteiger partial charge on any atom is 0.267 e. The SMILES string of the molecule is Cc1c(C(N)=O)nc(C(C)(C)C)c(C#C[Si](C)(C)C)c1C. The summed E-state index contributed by atoms with van der Waals surface area (Å²) in [4.78, 5) is 16.2. The van der Waals surface area contributed by atoms with E-state index >= 15 is 0 Å². The van der Waals surface area contributed by atoms with Gasteiger partial charge in [0.1, 0.15) is 13.8 Å². The zero-order chi connectivity index (χ0) is 16.6. The highest BCUT2D eigenvalue weighted by molar-refractivity contribution is 6.83. The molecule has 0 aliphatic carbocycles. The summed E-state index contributed by atoms with van der Waals surface area (Å²) in [5.74, 6) is 2.85. The van der Waals surface area contributed by atoms with E-state index in [0.29, 0.717) is 5.69 Å². The second kappa shape index (κ2) is 5.65. The third kappa shape index (κ3) is 4.18. The highest BCUT2D eigenvalue weighted by Crippen LogP contribution is 2.28. The van der Waals surface area contributed by atoms with Crippen LogP contribution in [-0.2, 0) is 5.41 Å². The number of aromatic nitrogens is 1. The number of hydrogen-bond acceptors (Lipinski definition) is 2. The molecule has 3 nitrogen and oxygen atoms in total. The van der Waals surface area contributed by atoms with E-state index in [1.165, 1.54) is 0 Å². The fourth-order valence-corrected chi connectivity index (χ4v) is 2.48. The molecule has 0 aliphatic heterocycles. The zero-order valence-electron chi connectivity index (χ0n) is 14.4. The van der Waals surface area contributed by atoms with Crippen LogP contribution in [0.2, 0.25) is 19.6 Å². The van der Waals surface area contributed by atoms with Crippen molar-refractivity contribution in [2.24, 2.45) is 5.73 Å². The van der Waals surface area contributed by atoms with E-state index in [2.05, 4.69) is 56.9 Å². The molecule has 0 unspecified atom stereocenters. The first-order valence-electron chi connectivity index (χ1n) is 7.19. The van der Waals surface area contributed by atoms with Crippen LogP contribution in [0.5, 0.6) is 0 Å². The average molecular weight is 302 g/mol. The Morgan fingerprint density at radius 3 is 2.05 bits per heavy atom. The van der Waals surface area contributed by atoms with E-state index in [-0.39, 0.29) is 5.41 Å². The Balaban J connectivity index is 3.73. The second-order valence-corrected chi connectivity index (χ2v) is 12.3. The van der Waals surface area contributed by atoms with Gasteiger partial charge in [0.15, 0.2) is 0 Å². The molecule has 0 radical (unpaired) electrons. The van der Waals surface area contributed by atoms with E-state index < -0.39 is 14.0 Å². The Bertz CT molecular complexity index is 638. The smallest absolute Gasteiger partial charge is 0.267 e. The van der Waals surface area contributed by atoms with Gasteiger partial charge in [-0.05, 0) is 25.0 Å². The molecule has 1 heterocycles. The molecule has 1 amide bonds. The van der Waals surface area contributed by atoms with Crippen LogP contribution < -0.4 is 5.73 Å². The van der Waals surface area contributed by atoms with E-state index in [4.69, 9.17) is 5.73 Å². The maximum atomic E-state index is 11.6. The van der Waals surface area contributed by atoms with Crippen molar-refractivity contribution in [3.63, 3.8) is 0 Å². The molecule has 0 saturated heterocycles. The Hall–Kier alpha value is -1.60. The number of rotatable bonds is 1. The average Bonchev–Trinajstić information content (AvgIpc) is 2.27. The van der Waals surface area contributed by atoms with Gasteiger partial charge in [-0.25, -0.2) is 4.98 Å². The standard InChI is InChI=1S/C17H26N2OSi/c1-11-12(2)14(16(18)20)19-15(17(3,4)5)13(11)9-10-21(6,7)8/h1-8H3,(H2,18,20). The quantitative estimate of drug-likeness (QED) is 0.639. The first kappa shape index (κ1) is 17.4. The summed E-state index contributed by atoms with van der Waals surface area (Å²) in [6, 6.07) is 0. The van der Waals surface area contributed by atoms with Gasteiger partial charge in [-0.3, -0.25) is 4.79 Å². The van der Waals surface area contributed by atoms with Crippen LogP contribution in [0, 0.1) is 25.3 Å². The van der Waals surface area contributed by atoms with Crippen molar-refractivity contribution < 1.29 is 4.79 Å². The normalized spacial score (nSPS) is 11.8. The first-order valence-corrected chi connectivity index (χ1v) is 10.7. The molecule has 0 bridgehead atoms. The van der Waals surface area contributed by atoms with Gasteiger partial charge in [0, 0.05) is 11.0 Å². The second-order valence-electron chi connectivity index (χ2n) is 7.55. The Morgan fingerprint density at radius 2 is 1.67 bits per heavy atom. The summed E-state index contributed by atoms with van der Waals surface area (Å²) in [5, 5.41) is 0. The van der Waals surface area contributed by atoms with Crippen LogP contribution >= 0.6 is 0 Å². The molecular formula is C17H26N2OSi. The van der Waals surface area contributed by atoms with Crippen LogP contribution in [0.3, 0.4) is 0 Å². The fourth-order valence-electron chi connectivity index (χ4n) is 1.98. The van der Waals surface area contributed by atoms with Gasteiger partial charge in [-0.2, -0.15) is 0 Å². The van der Waals surface area contributed by atoms with Crippen LogP contribution in [-0.4, -0.2) is 19.0 Å². The van der Waals surface area contributed by atoms with Crippen molar-refractivity contribution in [3.05, 3.63) is 28.1 Å². The number of amides is 1. The molecule has 1 rings (SSSR count). The molecule has 0 spiro atoms. The van der Waals surface area contributed by atoms with Crippen molar-refractivity contribution in [2.75, 3.05) is 0 Å². The lowest BCUT2D eigenvalue weighted by Crippen LogP contribution is -2.24. The minimum Gasteiger partial charge on any atom is -0.364 e. The van der Waals surface area contributed by atoms with Gasteiger partial charge < -0.3 is 5.73 Å². The van der Waals surface area contributed by atoms with Crippen molar-refractivity contribution in [2.45, 2.75) is 59.7 Å². The van der Waals surface area contributed by atoms with Gasteiger partial charge >= 0.3 is 0 Å². The zero-order valence-corrected chi connectivity index (χ0v) is 15.4. The molecule has 4 heteroatoms. The molecule has 0 aliphatic rings. The topological polar surface area (TPSA) is 56.0 Å². The molecule has 21 heavy (non-hydrogen) atoms.